The summed E-state index contributed by atoms with van der Waals surface area (Å²) in [5.74, 6) is 0.0869. The zero-order valence-corrected chi connectivity index (χ0v) is 8.09. The van der Waals surface area contributed by atoms with E-state index in [0.29, 0.717) is 6.54 Å². The van der Waals surface area contributed by atoms with Crippen LogP contribution in [0.15, 0.2) is 5.16 Å². The first-order chi connectivity index (χ1) is 5.94. The second-order valence-corrected chi connectivity index (χ2v) is 3.30. The number of urea groups is 1. The average molecular weight is 188 g/mol. The van der Waals surface area contributed by atoms with Crippen LogP contribution in [0.2, 0.25) is 0 Å². The molecule has 0 saturated carbocycles. The van der Waals surface area contributed by atoms with Crippen molar-refractivity contribution < 1.29 is 10.0 Å². The third-order valence-corrected chi connectivity index (χ3v) is 1.72. The molecule has 6 heteroatoms. The first kappa shape index (κ1) is 11.5. The predicted octanol–water partition coefficient (Wildman–Crippen LogP) is -0.312. The zero-order chi connectivity index (χ0) is 10.5. The van der Waals surface area contributed by atoms with Gasteiger partial charge in [-0.05, 0) is 0 Å². The normalized spacial score (nSPS) is 12.4. The standard InChI is InChI=1S/C7H16N4O2/c1-7(2,5(8)11-13)4-10-6(12)9-3/h13H,4H2,1-3H3,(H2,8,11)(H2,9,10,12). The molecule has 0 aliphatic heterocycles. The monoisotopic (exact) mass is 188 g/mol. The van der Waals surface area contributed by atoms with Crippen LogP contribution >= 0.6 is 0 Å². The first-order valence-electron chi connectivity index (χ1n) is 3.87. The van der Waals surface area contributed by atoms with Gasteiger partial charge in [0.25, 0.3) is 0 Å². The van der Waals surface area contributed by atoms with Gasteiger partial charge in [-0.2, -0.15) is 0 Å². The van der Waals surface area contributed by atoms with Crippen molar-refractivity contribution in [3.05, 3.63) is 0 Å². The molecule has 2 amide bonds. The SMILES string of the molecule is CNC(=O)NCC(C)(C)C(N)=NO. The lowest BCUT2D eigenvalue weighted by Crippen LogP contribution is -2.45. The molecule has 0 fully saturated rings. The Balaban J connectivity index is 4.11. The van der Waals surface area contributed by atoms with Crippen LogP contribution in [0, 0.1) is 5.41 Å². The van der Waals surface area contributed by atoms with Crippen LogP contribution in [0.25, 0.3) is 0 Å². The quantitative estimate of drug-likeness (QED) is 0.211. The van der Waals surface area contributed by atoms with Crippen LogP contribution in [0.5, 0.6) is 0 Å². The Morgan fingerprint density at radius 3 is 2.54 bits per heavy atom. The molecular weight excluding hydrogens is 172 g/mol. The van der Waals surface area contributed by atoms with Crippen molar-refractivity contribution in [3.63, 3.8) is 0 Å². The van der Waals surface area contributed by atoms with E-state index in [9.17, 15) is 4.79 Å². The fourth-order valence-corrected chi connectivity index (χ4v) is 0.616. The molecule has 0 radical (unpaired) electrons. The fraction of sp³-hybridized carbons (Fsp3) is 0.714. The Morgan fingerprint density at radius 2 is 2.15 bits per heavy atom. The summed E-state index contributed by atoms with van der Waals surface area (Å²) in [7, 11) is 1.52. The lowest BCUT2D eigenvalue weighted by molar-refractivity contribution is 0.239. The molecular formula is C7H16N4O2. The summed E-state index contributed by atoms with van der Waals surface area (Å²) >= 11 is 0. The van der Waals surface area contributed by atoms with Gasteiger partial charge in [0.15, 0.2) is 0 Å². The summed E-state index contributed by atoms with van der Waals surface area (Å²) < 4.78 is 0. The fourth-order valence-electron chi connectivity index (χ4n) is 0.616. The molecule has 0 aromatic rings. The number of carbonyl (C=O) groups is 1. The number of nitrogens with two attached hydrogens (primary N) is 1. The van der Waals surface area contributed by atoms with Gasteiger partial charge in [0.05, 0.1) is 0 Å². The third kappa shape index (κ3) is 3.64. The summed E-state index contributed by atoms with van der Waals surface area (Å²) in [5.41, 5.74) is 4.85. The molecule has 0 aliphatic carbocycles. The van der Waals surface area contributed by atoms with Crippen LogP contribution in [0.1, 0.15) is 13.8 Å². The summed E-state index contributed by atoms with van der Waals surface area (Å²) in [6.45, 7) is 3.83. The Kier molecular flexibility index (Phi) is 4.03. The lowest BCUT2D eigenvalue weighted by atomic mass is 9.92. The number of rotatable bonds is 3. The molecule has 0 saturated heterocycles. The molecule has 0 atom stereocenters. The van der Waals surface area contributed by atoms with Gasteiger partial charge in [-0.15, -0.1) is 0 Å². The van der Waals surface area contributed by atoms with Crippen molar-refractivity contribution >= 4 is 11.9 Å². The van der Waals surface area contributed by atoms with E-state index in [4.69, 9.17) is 10.9 Å². The second kappa shape index (κ2) is 4.54. The van der Waals surface area contributed by atoms with Gasteiger partial charge in [0.2, 0.25) is 0 Å². The molecule has 6 nitrogen and oxygen atoms in total. The van der Waals surface area contributed by atoms with Crippen LogP contribution in [-0.4, -0.2) is 30.7 Å². The average Bonchev–Trinajstić information content (AvgIpc) is 2.12. The van der Waals surface area contributed by atoms with Crippen molar-refractivity contribution in [1.82, 2.24) is 10.6 Å². The summed E-state index contributed by atoms with van der Waals surface area (Å²) in [6, 6.07) is -0.293. The Labute approximate surface area is 77.2 Å². The van der Waals surface area contributed by atoms with Gasteiger partial charge in [0, 0.05) is 19.0 Å². The number of hydrogen-bond acceptors (Lipinski definition) is 3. The molecule has 76 valence electrons. The molecule has 0 spiro atoms. The van der Waals surface area contributed by atoms with Gasteiger partial charge in [-0.25, -0.2) is 4.79 Å². The molecule has 5 N–H and O–H groups in total. The Morgan fingerprint density at radius 1 is 1.62 bits per heavy atom. The zero-order valence-electron chi connectivity index (χ0n) is 8.09. The highest BCUT2D eigenvalue weighted by Crippen LogP contribution is 2.12. The topological polar surface area (TPSA) is 99.7 Å². The molecule has 13 heavy (non-hydrogen) atoms. The van der Waals surface area contributed by atoms with Crippen molar-refractivity contribution in [2.45, 2.75) is 13.8 Å². The predicted molar refractivity (Wildman–Crippen MR) is 49.6 cm³/mol. The number of hydrogen-bond donors (Lipinski definition) is 4. The number of nitrogens with one attached hydrogen (secondary N) is 2. The van der Waals surface area contributed by atoms with E-state index >= 15 is 0 Å². The van der Waals surface area contributed by atoms with E-state index in [2.05, 4.69) is 15.8 Å². The maximum atomic E-state index is 10.8. The van der Waals surface area contributed by atoms with Gasteiger partial charge < -0.3 is 21.6 Å². The van der Waals surface area contributed by atoms with Gasteiger partial charge in [-0.1, -0.05) is 19.0 Å². The second-order valence-electron chi connectivity index (χ2n) is 3.30. The highest BCUT2D eigenvalue weighted by molar-refractivity contribution is 5.86. The summed E-state index contributed by atoms with van der Waals surface area (Å²) in [4.78, 5) is 10.8. The molecule has 0 heterocycles. The summed E-state index contributed by atoms with van der Waals surface area (Å²) in [5, 5.41) is 16.3. The minimum absolute atomic E-state index is 0.0869. The molecule has 0 aromatic heterocycles. The van der Waals surface area contributed by atoms with E-state index in [0.717, 1.165) is 0 Å². The van der Waals surface area contributed by atoms with Gasteiger partial charge in [0.1, 0.15) is 5.84 Å². The molecule has 0 unspecified atom stereocenters. The number of oxime groups is 1. The van der Waals surface area contributed by atoms with Crippen molar-refractivity contribution in [2.75, 3.05) is 13.6 Å². The van der Waals surface area contributed by atoms with Crippen LogP contribution in [-0.2, 0) is 0 Å². The van der Waals surface area contributed by atoms with Crippen molar-refractivity contribution in [3.8, 4) is 0 Å². The van der Waals surface area contributed by atoms with E-state index in [-0.39, 0.29) is 11.9 Å². The third-order valence-electron chi connectivity index (χ3n) is 1.72. The van der Waals surface area contributed by atoms with Crippen LogP contribution < -0.4 is 16.4 Å². The minimum Gasteiger partial charge on any atom is -0.409 e. The van der Waals surface area contributed by atoms with Crippen molar-refractivity contribution in [2.24, 2.45) is 16.3 Å². The molecule has 0 bridgehead atoms. The summed E-state index contributed by atoms with van der Waals surface area (Å²) in [6.07, 6.45) is 0. The van der Waals surface area contributed by atoms with E-state index < -0.39 is 5.41 Å². The van der Waals surface area contributed by atoms with Gasteiger partial charge >= 0.3 is 6.03 Å². The van der Waals surface area contributed by atoms with E-state index in [1.165, 1.54) is 7.05 Å². The maximum absolute atomic E-state index is 10.8. The molecule has 0 rings (SSSR count). The maximum Gasteiger partial charge on any atom is 0.314 e. The highest BCUT2D eigenvalue weighted by Gasteiger charge is 2.23. The molecule has 0 aromatic carbocycles. The van der Waals surface area contributed by atoms with Crippen LogP contribution in [0.3, 0.4) is 0 Å². The van der Waals surface area contributed by atoms with Gasteiger partial charge in [-0.3, -0.25) is 0 Å². The van der Waals surface area contributed by atoms with E-state index in [1.54, 1.807) is 13.8 Å². The number of carbonyl (C=O) groups excluding carboxylic acids is 1. The largest absolute Gasteiger partial charge is 0.409 e. The molecule has 0 aliphatic rings. The number of nitrogens with zero attached hydrogens (tertiary/aromatic N) is 1. The smallest absolute Gasteiger partial charge is 0.314 e. The van der Waals surface area contributed by atoms with Crippen molar-refractivity contribution in [1.29, 1.82) is 0 Å². The number of amides is 2. The first-order valence-corrected chi connectivity index (χ1v) is 3.87. The van der Waals surface area contributed by atoms with E-state index in [1.807, 2.05) is 0 Å². The Hall–Kier alpha value is -1.46. The lowest BCUT2D eigenvalue weighted by Gasteiger charge is -2.22. The Bertz CT molecular complexity index is 213. The number of amidine groups is 1. The highest BCUT2D eigenvalue weighted by atomic mass is 16.4. The van der Waals surface area contributed by atoms with Crippen LogP contribution in [0.4, 0.5) is 4.79 Å². The minimum atomic E-state index is -0.554.